The van der Waals surface area contributed by atoms with Gasteiger partial charge >= 0.3 is 0 Å². The summed E-state index contributed by atoms with van der Waals surface area (Å²) in [6.07, 6.45) is 4.78. The third-order valence-corrected chi connectivity index (χ3v) is 4.69. The van der Waals surface area contributed by atoms with Gasteiger partial charge in [0.15, 0.2) is 0 Å². The van der Waals surface area contributed by atoms with E-state index in [2.05, 4.69) is 10.4 Å². The Hall–Kier alpha value is -0.250. The predicted molar refractivity (Wildman–Crippen MR) is 76.3 cm³/mol. The molecule has 18 heavy (non-hydrogen) atoms. The van der Waals surface area contributed by atoms with Crippen LogP contribution in [-0.4, -0.2) is 21.7 Å². The van der Waals surface area contributed by atoms with Crippen molar-refractivity contribution in [3.8, 4) is 0 Å². The Labute approximate surface area is 119 Å². The summed E-state index contributed by atoms with van der Waals surface area (Å²) in [6.45, 7) is 3.77. The molecule has 1 heterocycles. The summed E-state index contributed by atoms with van der Waals surface area (Å²) in [4.78, 5) is 0. The molecule has 0 spiro atoms. The lowest BCUT2D eigenvalue weighted by Crippen LogP contribution is -2.27. The van der Waals surface area contributed by atoms with E-state index in [-0.39, 0.29) is 0 Å². The van der Waals surface area contributed by atoms with Crippen molar-refractivity contribution in [2.24, 2.45) is 13.0 Å². The standard InChI is InChI=1S/C13H21Cl2N3/c1-9-13(15)12(18(2)17-9)8-16-7-10-3-5-11(14)6-4-10/h10-11,16H,3-8H2,1-2H3. The largest absolute Gasteiger partial charge is 0.311 e. The first-order valence-corrected chi connectivity index (χ1v) is 7.42. The van der Waals surface area contributed by atoms with Crippen molar-refractivity contribution in [1.82, 2.24) is 15.1 Å². The highest BCUT2D eigenvalue weighted by atomic mass is 35.5. The fourth-order valence-electron chi connectivity index (χ4n) is 2.59. The number of hydrogen-bond acceptors (Lipinski definition) is 2. The molecule has 0 saturated heterocycles. The summed E-state index contributed by atoms with van der Waals surface area (Å²) >= 11 is 12.3. The second-order valence-electron chi connectivity index (χ2n) is 5.22. The van der Waals surface area contributed by atoms with E-state index < -0.39 is 0 Å². The second-order valence-corrected chi connectivity index (χ2v) is 6.21. The van der Waals surface area contributed by atoms with E-state index in [4.69, 9.17) is 23.2 Å². The lowest BCUT2D eigenvalue weighted by Gasteiger charge is -2.25. The first-order chi connectivity index (χ1) is 8.58. The van der Waals surface area contributed by atoms with Crippen molar-refractivity contribution in [1.29, 1.82) is 0 Å². The highest BCUT2D eigenvalue weighted by Crippen LogP contribution is 2.27. The van der Waals surface area contributed by atoms with Crippen molar-refractivity contribution < 1.29 is 0 Å². The van der Waals surface area contributed by atoms with Gasteiger partial charge in [-0.1, -0.05) is 11.6 Å². The zero-order chi connectivity index (χ0) is 13.1. The van der Waals surface area contributed by atoms with Crippen LogP contribution in [0.4, 0.5) is 0 Å². The summed E-state index contributed by atoms with van der Waals surface area (Å²) in [5, 5.41) is 8.99. The van der Waals surface area contributed by atoms with Crippen molar-refractivity contribution in [2.75, 3.05) is 6.54 Å². The molecule has 2 rings (SSSR count). The van der Waals surface area contributed by atoms with Crippen molar-refractivity contribution in [3.05, 3.63) is 16.4 Å². The minimum absolute atomic E-state index is 0.399. The van der Waals surface area contributed by atoms with Gasteiger partial charge in [0.05, 0.1) is 16.4 Å². The van der Waals surface area contributed by atoms with Crippen LogP contribution >= 0.6 is 23.2 Å². The average Bonchev–Trinajstić information content (AvgIpc) is 2.58. The quantitative estimate of drug-likeness (QED) is 0.863. The molecule has 1 aliphatic carbocycles. The highest BCUT2D eigenvalue weighted by molar-refractivity contribution is 6.31. The van der Waals surface area contributed by atoms with Gasteiger partial charge in [-0.25, -0.2) is 0 Å². The SMILES string of the molecule is Cc1nn(C)c(CNCC2CCC(Cl)CC2)c1Cl. The van der Waals surface area contributed by atoms with Crippen LogP contribution in [0, 0.1) is 12.8 Å². The molecule has 1 aromatic rings. The van der Waals surface area contributed by atoms with E-state index in [1.165, 1.54) is 12.8 Å². The molecule has 1 fully saturated rings. The second kappa shape index (κ2) is 6.27. The molecule has 1 N–H and O–H groups in total. The van der Waals surface area contributed by atoms with E-state index in [1.54, 1.807) is 0 Å². The molecule has 0 bridgehead atoms. The fourth-order valence-corrected chi connectivity index (χ4v) is 3.07. The third kappa shape index (κ3) is 3.40. The summed E-state index contributed by atoms with van der Waals surface area (Å²) < 4.78 is 1.86. The smallest absolute Gasteiger partial charge is 0.0860 e. The molecule has 0 amide bonds. The van der Waals surface area contributed by atoms with Gasteiger partial charge in [-0.2, -0.15) is 5.10 Å². The first-order valence-electron chi connectivity index (χ1n) is 6.60. The van der Waals surface area contributed by atoms with E-state index in [0.717, 1.165) is 48.3 Å². The lowest BCUT2D eigenvalue weighted by atomic mass is 9.89. The molecule has 0 unspecified atom stereocenters. The maximum absolute atomic E-state index is 6.21. The summed E-state index contributed by atoms with van der Waals surface area (Å²) in [5.74, 6) is 0.757. The molecule has 3 nitrogen and oxygen atoms in total. The molecule has 0 radical (unpaired) electrons. The molecule has 102 valence electrons. The summed E-state index contributed by atoms with van der Waals surface area (Å²) in [6, 6.07) is 0. The van der Waals surface area contributed by atoms with Crippen LogP contribution in [0.25, 0.3) is 0 Å². The van der Waals surface area contributed by atoms with E-state index >= 15 is 0 Å². The molecule has 0 atom stereocenters. The van der Waals surface area contributed by atoms with Gasteiger partial charge in [0.1, 0.15) is 0 Å². The van der Waals surface area contributed by atoms with Gasteiger partial charge in [-0.15, -0.1) is 11.6 Å². The van der Waals surface area contributed by atoms with Crippen LogP contribution in [0.1, 0.15) is 37.1 Å². The monoisotopic (exact) mass is 289 g/mol. The number of nitrogens with one attached hydrogen (secondary N) is 1. The van der Waals surface area contributed by atoms with Crippen molar-refractivity contribution in [2.45, 2.75) is 44.5 Å². The Kier molecular flexibility index (Phi) is 4.93. The Balaban J connectivity index is 1.78. The van der Waals surface area contributed by atoms with Gasteiger partial charge in [-0.05, 0) is 45.1 Å². The number of rotatable bonds is 4. The Bertz CT molecular complexity index is 395. The normalized spacial score (nSPS) is 24.4. The van der Waals surface area contributed by atoms with Crippen LogP contribution in [0.5, 0.6) is 0 Å². The van der Waals surface area contributed by atoms with Crippen LogP contribution in [-0.2, 0) is 13.6 Å². The van der Waals surface area contributed by atoms with E-state index in [1.807, 2.05) is 18.7 Å². The fraction of sp³-hybridized carbons (Fsp3) is 0.769. The number of aromatic nitrogens is 2. The van der Waals surface area contributed by atoms with Gasteiger partial charge in [-0.3, -0.25) is 4.68 Å². The van der Waals surface area contributed by atoms with Gasteiger partial charge < -0.3 is 5.32 Å². The number of alkyl halides is 1. The minimum atomic E-state index is 0.399. The molecular weight excluding hydrogens is 269 g/mol. The molecule has 0 aromatic carbocycles. The van der Waals surface area contributed by atoms with Crippen LogP contribution in [0.2, 0.25) is 5.02 Å². The average molecular weight is 290 g/mol. The minimum Gasteiger partial charge on any atom is -0.311 e. The lowest BCUT2D eigenvalue weighted by molar-refractivity contribution is 0.344. The van der Waals surface area contributed by atoms with Crippen LogP contribution < -0.4 is 5.32 Å². The first kappa shape index (κ1) is 14.2. The molecule has 5 heteroatoms. The number of nitrogens with zero attached hydrogens (tertiary/aromatic N) is 2. The Morgan fingerprint density at radius 3 is 2.56 bits per heavy atom. The zero-order valence-electron chi connectivity index (χ0n) is 11.0. The van der Waals surface area contributed by atoms with Crippen LogP contribution in [0.3, 0.4) is 0 Å². The summed E-state index contributed by atoms with van der Waals surface area (Å²) in [5.41, 5.74) is 1.97. The Morgan fingerprint density at radius 2 is 2.00 bits per heavy atom. The zero-order valence-corrected chi connectivity index (χ0v) is 12.6. The van der Waals surface area contributed by atoms with Crippen molar-refractivity contribution >= 4 is 23.2 Å². The molecule has 1 aromatic heterocycles. The summed E-state index contributed by atoms with van der Waals surface area (Å²) in [7, 11) is 1.94. The molecule has 1 aliphatic rings. The van der Waals surface area contributed by atoms with Gasteiger partial charge in [0.2, 0.25) is 0 Å². The molecule has 1 saturated carbocycles. The Morgan fingerprint density at radius 1 is 1.33 bits per heavy atom. The van der Waals surface area contributed by atoms with E-state index in [0.29, 0.717) is 5.38 Å². The number of hydrogen-bond donors (Lipinski definition) is 1. The van der Waals surface area contributed by atoms with Gasteiger partial charge in [0.25, 0.3) is 0 Å². The molecular formula is C13H21Cl2N3. The number of halogens is 2. The van der Waals surface area contributed by atoms with Gasteiger partial charge in [0, 0.05) is 19.0 Å². The van der Waals surface area contributed by atoms with Crippen LogP contribution in [0.15, 0.2) is 0 Å². The maximum Gasteiger partial charge on any atom is 0.0860 e. The number of aryl methyl sites for hydroxylation is 2. The third-order valence-electron chi connectivity index (χ3n) is 3.76. The predicted octanol–water partition coefficient (Wildman–Crippen LogP) is 3.27. The maximum atomic E-state index is 6.21. The van der Waals surface area contributed by atoms with E-state index in [9.17, 15) is 0 Å². The topological polar surface area (TPSA) is 29.9 Å². The highest BCUT2D eigenvalue weighted by Gasteiger charge is 2.19. The molecule has 0 aliphatic heterocycles. The van der Waals surface area contributed by atoms with Crippen molar-refractivity contribution in [3.63, 3.8) is 0 Å².